The van der Waals surface area contributed by atoms with Crippen LogP contribution in [0.5, 0.6) is 5.75 Å². The quantitative estimate of drug-likeness (QED) is 0.675. The summed E-state index contributed by atoms with van der Waals surface area (Å²) in [7, 11) is 1.64. The molecular formula is C25H23N3O2. The lowest BCUT2D eigenvalue weighted by molar-refractivity contribution is -0.119. The van der Waals surface area contributed by atoms with Gasteiger partial charge >= 0.3 is 0 Å². The second kappa shape index (κ2) is 8.74. The van der Waals surface area contributed by atoms with E-state index in [2.05, 4.69) is 5.32 Å². The molecule has 1 aliphatic heterocycles. The van der Waals surface area contributed by atoms with E-state index in [9.17, 15) is 4.79 Å². The maximum Gasteiger partial charge on any atom is 0.229 e. The van der Waals surface area contributed by atoms with E-state index >= 15 is 0 Å². The van der Waals surface area contributed by atoms with Gasteiger partial charge in [-0.25, -0.2) is 4.99 Å². The van der Waals surface area contributed by atoms with Crippen LogP contribution in [0.15, 0.2) is 88.8 Å². The first-order chi connectivity index (χ1) is 14.6. The van der Waals surface area contributed by atoms with Crippen LogP contribution in [0.3, 0.4) is 0 Å². The molecule has 0 aliphatic carbocycles. The molecule has 5 heteroatoms. The number of rotatable bonds is 4. The molecule has 1 amide bonds. The third-order valence-corrected chi connectivity index (χ3v) is 5.03. The molecule has 3 aromatic rings. The Balaban J connectivity index is 1.71. The van der Waals surface area contributed by atoms with Crippen molar-refractivity contribution < 1.29 is 9.53 Å². The molecule has 3 aromatic carbocycles. The summed E-state index contributed by atoms with van der Waals surface area (Å²) in [4.78, 5) is 22.4. The van der Waals surface area contributed by atoms with Crippen molar-refractivity contribution in [3.8, 4) is 5.75 Å². The molecule has 1 heterocycles. The minimum atomic E-state index is -0.261. The van der Waals surface area contributed by atoms with Crippen molar-refractivity contribution in [3.63, 3.8) is 0 Å². The van der Waals surface area contributed by atoms with E-state index in [1.807, 2.05) is 85.8 Å². The molecule has 1 N–H and O–H groups in total. The van der Waals surface area contributed by atoms with Crippen molar-refractivity contribution in [2.75, 3.05) is 7.11 Å². The third-order valence-electron chi connectivity index (χ3n) is 5.03. The Morgan fingerprint density at radius 3 is 2.20 bits per heavy atom. The van der Waals surface area contributed by atoms with Gasteiger partial charge in [0.1, 0.15) is 11.6 Å². The molecule has 1 atom stereocenters. The number of aliphatic imine (C=N–C) groups is 2. The van der Waals surface area contributed by atoms with Gasteiger partial charge in [0, 0.05) is 5.71 Å². The molecular weight excluding hydrogens is 374 g/mol. The molecule has 0 saturated carbocycles. The number of carbonyl (C=O) groups excluding carboxylic acids is 1. The van der Waals surface area contributed by atoms with E-state index in [1.165, 1.54) is 0 Å². The lowest BCUT2D eigenvalue weighted by Gasteiger charge is -2.20. The number of benzene rings is 3. The zero-order valence-corrected chi connectivity index (χ0v) is 17.0. The SMILES string of the molecule is COc1ccc(C2C(C)=Nc3ccccc3N=C2NC(=O)Cc2ccccc2)cc1. The first-order valence-corrected chi connectivity index (χ1v) is 9.84. The summed E-state index contributed by atoms with van der Waals surface area (Å²) in [6, 6.07) is 25.2. The number of amidine groups is 1. The van der Waals surface area contributed by atoms with Crippen LogP contribution >= 0.6 is 0 Å². The maximum absolute atomic E-state index is 12.8. The minimum Gasteiger partial charge on any atom is -0.497 e. The molecule has 1 unspecified atom stereocenters. The Hall–Kier alpha value is -3.73. The lowest BCUT2D eigenvalue weighted by atomic mass is 9.93. The van der Waals surface area contributed by atoms with Crippen molar-refractivity contribution in [2.45, 2.75) is 19.3 Å². The molecule has 4 rings (SSSR count). The number of carbonyl (C=O) groups is 1. The minimum absolute atomic E-state index is 0.106. The smallest absolute Gasteiger partial charge is 0.229 e. The number of para-hydroxylation sites is 2. The predicted octanol–water partition coefficient (Wildman–Crippen LogP) is 4.97. The number of nitrogens with one attached hydrogen (secondary N) is 1. The van der Waals surface area contributed by atoms with Crippen LogP contribution in [-0.4, -0.2) is 24.6 Å². The van der Waals surface area contributed by atoms with Crippen molar-refractivity contribution in [2.24, 2.45) is 9.98 Å². The van der Waals surface area contributed by atoms with Crippen LogP contribution in [0.4, 0.5) is 11.4 Å². The molecule has 0 bridgehead atoms. The van der Waals surface area contributed by atoms with E-state index in [1.54, 1.807) is 7.11 Å². The van der Waals surface area contributed by atoms with Crippen LogP contribution in [0.25, 0.3) is 0 Å². The Morgan fingerprint density at radius 2 is 1.53 bits per heavy atom. The van der Waals surface area contributed by atoms with Crippen molar-refractivity contribution >= 4 is 28.8 Å². The average molecular weight is 397 g/mol. The topological polar surface area (TPSA) is 63.1 Å². The molecule has 0 aromatic heterocycles. The van der Waals surface area contributed by atoms with Gasteiger partial charge in [0.15, 0.2) is 0 Å². The summed E-state index contributed by atoms with van der Waals surface area (Å²) < 4.78 is 5.29. The second-order valence-corrected chi connectivity index (χ2v) is 7.16. The number of hydrogen-bond acceptors (Lipinski definition) is 4. The number of fused-ring (bicyclic) bond motifs is 1. The first kappa shape index (κ1) is 19.6. The summed E-state index contributed by atoms with van der Waals surface area (Å²) in [5.74, 6) is 0.984. The Kier molecular flexibility index (Phi) is 5.70. The normalized spacial score (nSPS) is 15.3. The summed E-state index contributed by atoms with van der Waals surface area (Å²) in [6.45, 7) is 1.97. The molecule has 0 radical (unpaired) electrons. The van der Waals surface area contributed by atoms with Gasteiger partial charge in [-0.2, -0.15) is 0 Å². The summed E-state index contributed by atoms with van der Waals surface area (Å²) >= 11 is 0. The van der Waals surface area contributed by atoms with Crippen molar-refractivity contribution in [1.82, 2.24) is 5.32 Å². The van der Waals surface area contributed by atoms with Gasteiger partial charge in [-0.15, -0.1) is 0 Å². The number of methoxy groups -OCH3 is 1. The molecule has 5 nitrogen and oxygen atoms in total. The van der Waals surface area contributed by atoms with Gasteiger partial charge in [0.25, 0.3) is 0 Å². The summed E-state index contributed by atoms with van der Waals surface area (Å²) in [5, 5.41) is 3.05. The summed E-state index contributed by atoms with van der Waals surface area (Å²) in [5.41, 5.74) is 4.34. The van der Waals surface area contributed by atoms with Gasteiger partial charge in [-0.1, -0.05) is 54.6 Å². The third kappa shape index (κ3) is 4.30. The van der Waals surface area contributed by atoms with Crippen LogP contribution in [-0.2, 0) is 11.2 Å². The van der Waals surface area contributed by atoms with Gasteiger partial charge in [0.2, 0.25) is 5.91 Å². The zero-order chi connectivity index (χ0) is 20.9. The second-order valence-electron chi connectivity index (χ2n) is 7.16. The first-order valence-electron chi connectivity index (χ1n) is 9.84. The number of amides is 1. The number of hydrogen-bond donors (Lipinski definition) is 1. The highest BCUT2D eigenvalue weighted by molar-refractivity contribution is 6.17. The molecule has 30 heavy (non-hydrogen) atoms. The monoisotopic (exact) mass is 397 g/mol. The molecule has 0 spiro atoms. The highest BCUT2D eigenvalue weighted by Gasteiger charge is 2.26. The van der Waals surface area contributed by atoms with E-state index in [4.69, 9.17) is 14.7 Å². The summed E-state index contributed by atoms with van der Waals surface area (Å²) in [6.07, 6.45) is 0.285. The van der Waals surface area contributed by atoms with E-state index < -0.39 is 0 Å². The lowest BCUT2D eigenvalue weighted by Crippen LogP contribution is -2.38. The predicted molar refractivity (Wildman–Crippen MR) is 120 cm³/mol. The standard InChI is InChI=1S/C25H23N3O2/c1-17-24(19-12-14-20(30-2)15-13-19)25(27-22-11-7-6-10-21(22)26-17)28-23(29)16-18-8-4-3-5-9-18/h3-15,24H,16H2,1-2H3,(H,27,28,29). The average Bonchev–Trinajstić information content (AvgIpc) is 2.89. The highest BCUT2D eigenvalue weighted by atomic mass is 16.5. The molecule has 0 fully saturated rings. The Labute approximate surface area is 176 Å². The fourth-order valence-corrected chi connectivity index (χ4v) is 3.56. The van der Waals surface area contributed by atoms with E-state index in [0.29, 0.717) is 5.84 Å². The number of nitrogens with zero attached hydrogens (tertiary/aromatic N) is 2. The van der Waals surface area contributed by atoms with Crippen LogP contribution in [0.1, 0.15) is 24.0 Å². The van der Waals surface area contributed by atoms with Crippen LogP contribution in [0, 0.1) is 0 Å². The Bertz CT molecular complexity index is 1100. The Morgan fingerprint density at radius 1 is 0.900 bits per heavy atom. The van der Waals surface area contributed by atoms with Gasteiger partial charge in [0.05, 0.1) is 30.8 Å². The molecule has 0 saturated heterocycles. The molecule has 150 valence electrons. The van der Waals surface area contributed by atoms with Gasteiger partial charge < -0.3 is 10.1 Å². The highest BCUT2D eigenvalue weighted by Crippen LogP contribution is 2.34. The fraction of sp³-hybridized carbons (Fsp3) is 0.160. The largest absolute Gasteiger partial charge is 0.497 e. The van der Waals surface area contributed by atoms with E-state index in [-0.39, 0.29) is 18.2 Å². The van der Waals surface area contributed by atoms with Gasteiger partial charge in [-0.05, 0) is 42.3 Å². The van der Waals surface area contributed by atoms with Crippen LogP contribution in [0.2, 0.25) is 0 Å². The zero-order valence-electron chi connectivity index (χ0n) is 17.0. The van der Waals surface area contributed by atoms with Crippen molar-refractivity contribution in [3.05, 3.63) is 90.0 Å². The molecule has 1 aliphatic rings. The van der Waals surface area contributed by atoms with Gasteiger partial charge in [-0.3, -0.25) is 9.79 Å². The van der Waals surface area contributed by atoms with E-state index in [0.717, 1.165) is 34.0 Å². The fourth-order valence-electron chi connectivity index (χ4n) is 3.56. The number of ether oxygens (including phenoxy) is 1. The van der Waals surface area contributed by atoms with Crippen LogP contribution < -0.4 is 10.1 Å². The van der Waals surface area contributed by atoms with Crippen molar-refractivity contribution in [1.29, 1.82) is 0 Å². The maximum atomic E-state index is 12.8.